The van der Waals surface area contributed by atoms with Gasteiger partial charge in [0.15, 0.2) is 12.0 Å². The third-order valence-corrected chi connectivity index (χ3v) is 2.03. The lowest BCUT2D eigenvalue weighted by Crippen LogP contribution is -2.02. The van der Waals surface area contributed by atoms with Crippen LogP contribution >= 0.6 is 11.6 Å². The number of carbonyl (C=O) groups excluding carboxylic acids is 1. The van der Waals surface area contributed by atoms with Crippen LogP contribution in [0.1, 0.15) is 28.2 Å². The van der Waals surface area contributed by atoms with Gasteiger partial charge in [0.2, 0.25) is 0 Å². The number of carbonyl (C=O) groups is 1. The molecule has 0 N–H and O–H groups in total. The molecule has 0 atom stereocenters. The lowest BCUT2D eigenvalue weighted by atomic mass is 10.2. The van der Waals surface area contributed by atoms with Crippen molar-refractivity contribution in [2.24, 2.45) is 0 Å². The number of nitrogens with zero attached hydrogens (tertiary/aromatic N) is 1. The van der Waals surface area contributed by atoms with Gasteiger partial charge in [-0.05, 0) is 6.07 Å². The molecule has 15 heavy (non-hydrogen) atoms. The zero-order chi connectivity index (χ0) is 11.4. The Bertz CT molecular complexity index is 371. The maximum atomic E-state index is 12.6. The molecule has 0 aromatic carbocycles. The molecule has 0 saturated carbocycles. The second-order valence-corrected chi connectivity index (χ2v) is 2.94. The van der Waals surface area contributed by atoms with Gasteiger partial charge in [-0.3, -0.25) is 4.79 Å². The first-order chi connectivity index (χ1) is 7.13. The third-order valence-electron chi connectivity index (χ3n) is 1.78. The molecule has 0 bridgehead atoms. The Labute approximate surface area is 90.0 Å². The van der Waals surface area contributed by atoms with E-state index in [4.69, 9.17) is 16.3 Å². The highest BCUT2D eigenvalue weighted by molar-refractivity contribution is 6.17. The topological polar surface area (TPSA) is 39.2 Å². The molecule has 0 radical (unpaired) electrons. The van der Waals surface area contributed by atoms with Crippen molar-refractivity contribution in [3.63, 3.8) is 0 Å². The Kier molecular flexibility index (Phi) is 3.96. The molecule has 0 aliphatic carbocycles. The van der Waals surface area contributed by atoms with Crippen LogP contribution in [0.4, 0.5) is 8.78 Å². The average molecular weight is 236 g/mol. The molecule has 82 valence electrons. The molecule has 0 aliphatic rings. The second-order valence-electron chi connectivity index (χ2n) is 2.67. The fourth-order valence-electron chi connectivity index (χ4n) is 1.18. The number of hydrogen-bond donors (Lipinski definition) is 0. The van der Waals surface area contributed by atoms with Gasteiger partial charge in [-0.15, -0.1) is 11.6 Å². The van der Waals surface area contributed by atoms with Crippen LogP contribution in [0, 0.1) is 0 Å². The van der Waals surface area contributed by atoms with Crippen molar-refractivity contribution in [2.75, 3.05) is 7.11 Å². The Hall–Kier alpha value is -1.23. The van der Waals surface area contributed by atoms with Crippen molar-refractivity contribution in [1.29, 1.82) is 0 Å². The zero-order valence-electron chi connectivity index (χ0n) is 7.84. The van der Waals surface area contributed by atoms with E-state index < -0.39 is 6.43 Å². The van der Waals surface area contributed by atoms with Crippen LogP contribution in [0.2, 0.25) is 0 Å². The highest BCUT2D eigenvalue weighted by atomic mass is 35.5. The van der Waals surface area contributed by atoms with E-state index in [9.17, 15) is 13.6 Å². The van der Waals surface area contributed by atoms with Gasteiger partial charge >= 0.3 is 0 Å². The monoisotopic (exact) mass is 235 g/mol. The van der Waals surface area contributed by atoms with E-state index in [0.717, 1.165) is 6.07 Å². The Morgan fingerprint density at radius 2 is 2.33 bits per heavy atom. The van der Waals surface area contributed by atoms with Crippen LogP contribution in [0.3, 0.4) is 0 Å². The molecule has 1 rings (SSSR count). The van der Waals surface area contributed by atoms with E-state index >= 15 is 0 Å². The first kappa shape index (κ1) is 11.8. The molecule has 0 aliphatic heterocycles. The standard InChI is InChI=1S/C9H8ClF2NO2/c1-15-8-6(9(11)12)2-5(4-14)13-7(8)3-10/h2,4,9H,3H2,1H3. The number of hydrogen-bond acceptors (Lipinski definition) is 3. The predicted molar refractivity (Wildman–Crippen MR) is 50.7 cm³/mol. The van der Waals surface area contributed by atoms with Crippen LogP contribution in [0.25, 0.3) is 0 Å². The number of methoxy groups -OCH3 is 1. The summed E-state index contributed by atoms with van der Waals surface area (Å²) < 4.78 is 29.9. The number of aromatic nitrogens is 1. The molecule has 0 saturated heterocycles. The molecule has 6 heteroatoms. The minimum Gasteiger partial charge on any atom is -0.494 e. The van der Waals surface area contributed by atoms with Crippen molar-refractivity contribution in [3.8, 4) is 5.75 Å². The normalized spacial score (nSPS) is 10.5. The third kappa shape index (κ3) is 2.41. The Morgan fingerprint density at radius 3 is 2.73 bits per heavy atom. The molecule has 1 heterocycles. The largest absolute Gasteiger partial charge is 0.494 e. The van der Waals surface area contributed by atoms with Crippen molar-refractivity contribution in [3.05, 3.63) is 23.0 Å². The van der Waals surface area contributed by atoms with Crippen molar-refractivity contribution in [2.45, 2.75) is 12.3 Å². The summed E-state index contributed by atoms with van der Waals surface area (Å²) in [5, 5.41) is 0. The molecule has 0 fully saturated rings. The van der Waals surface area contributed by atoms with E-state index in [1.54, 1.807) is 0 Å². The number of aldehydes is 1. The highest BCUT2D eigenvalue weighted by Crippen LogP contribution is 2.32. The van der Waals surface area contributed by atoms with Crippen LogP contribution in [-0.2, 0) is 5.88 Å². The summed E-state index contributed by atoms with van der Waals surface area (Å²) in [6.07, 6.45) is -2.34. The zero-order valence-corrected chi connectivity index (χ0v) is 8.59. The van der Waals surface area contributed by atoms with Crippen LogP contribution in [0.15, 0.2) is 6.07 Å². The number of ether oxygens (including phenoxy) is 1. The van der Waals surface area contributed by atoms with E-state index in [-0.39, 0.29) is 28.6 Å². The predicted octanol–water partition coefficient (Wildman–Crippen LogP) is 2.58. The van der Waals surface area contributed by atoms with Crippen molar-refractivity contribution >= 4 is 17.9 Å². The Morgan fingerprint density at radius 1 is 1.67 bits per heavy atom. The van der Waals surface area contributed by atoms with E-state index in [0.29, 0.717) is 6.29 Å². The van der Waals surface area contributed by atoms with Crippen molar-refractivity contribution in [1.82, 2.24) is 4.98 Å². The highest BCUT2D eigenvalue weighted by Gasteiger charge is 2.19. The number of alkyl halides is 3. The molecular formula is C9H8ClF2NO2. The van der Waals surface area contributed by atoms with Gasteiger partial charge in [0.05, 0.1) is 24.2 Å². The van der Waals surface area contributed by atoms with E-state index in [1.807, 2.05) is 0 Å². The first-order valence-corrected chi connectivity index (χ1v) is 4.54. The van der Waals surface area contributed by atoms with Crippen molar-refractivity contribution < 1.29 is 18.3 Å². The van der Waals surface area contributed by atoms with Gasteiger partial charge in [-0.2, -0.15) is 0 Å². The van der Waals surface area contributed by atoms with Crippen LogP contribution < -0.4 is 4.74 Å². The summed E-state index contributed by atoms with van der Waals surface area (Å²) >= 11 is 5.51. The lowest BCUT2D eigenvalue weighted by molar-refractivity contribution is 0.111. The molecule has 0 unspecified atom stereocenters. The van der Waals surface area contributed by atoms with E-state index in [1.165, 1.54) is 7.11 Å². The number of halogens is 3. The van der Waals surface area contributed by atoms with E-state index in [2.05, 4.69) is 4.98 Å². The lowest BCUT2D eigenvalue weighted by Gasteiger charge is -2.11. The average Bonchev–Trinajstić information content (AvgIpc) is 2.26. The summed E-state index contributed by atoms with van der Waals surface area (Å²) in [6.45, 7) is 0. The molecule has 0 spiro atoms. The molecular weight excluding hydrogens is 228 g/mol. The fourth-order valence-corrected chi connectivity index (χ4v) is 1.36. The minimum absolute atomic E-state index is 0.0643. The van der Waals surface area contributed by atoms with Gasteiger partial charge in [-0.1, -0.05) is 0 Å². The minimum atomic E-state index is -2.73. The smallest absolute Gasteiger partial charge is 0.267 e. The van der Waals surface area contributed by atoms with Gasteiger partial charge in [0, 0.05) is 0 Å². The van der Waals surface area contributed by atoms with Gasteiger partial charge in [0.25, 0.3) is 6.43 Å². The summed E-state index contributed by atoms with van der Waals surface area (Å²) in [5.41, 5.74) is -0.314. The van der Waals surface area contributed by atoms with Gasteiger partial charge < -0.3 is 4.74 Å². The first-order valence-electron chi connectivity index (χ1n) is 4.01. The SMILES string of the molecule is COc1c(C(F)F)cc(C=O)nc1CCl. The maximum absolute atomic E-state index is 12.6. The summed E-state index contributed by atoms with van der Waals surface area (Å²) in [7, 11) is 1.25. The maximum Gasteiger partial charge on any atom is 0.267 e. The van der Waals surface area contributed by atoms with Gasteiger partial charge in [-0.25, -0.2) is 13.8 Å². The molecule has 1 aromatic rings. The molecule has 1 aromatic heterocycles. The van der Waals surface area contributed by atoms with Gasteiger partial charge in [0.1, 0.15) is 5.69 Å². The summed E-state index contributed by atoms with van der Waals surface area (Å²) in [4.78, 5) is 14.2. The summed E-state index contributed by atoms with van der Waals surface area (Å²) in [6, 6.07) is 0.993. The van der Waals surface area contributed by atoms with Crippen LogP contribution in [0.5, 0.6) is 5.75 Å². The van der Waals surface area contributed by atoms with Crippen LogP contribution in [-0.4, -0.2) is 18.4 Å². The number of pyridine rings is 1. The number of rotatable bonds is 4. The summed E-state index contributed by atoms with van der Waals surface area (Å²) in [5.74, 6) is -0.157. The fraction of sp³-hybridized carbons (Fsp3) is 0.333. The Balaban J connectivity index is 3.38. The quantitative estimate of drug-likeness (QED) is 0.595. The second kappa shape index (κ2) is 5.02. The molecule has 0 amide bonds. The molecule has 3 nitrogen and oxygen atoms in total.